The van der Waals surface area contributed by atoms with Gasteiger partial charge in [0, 0.05) is 0 Å². The molecule has 1 aliphatic rings. The summed E-state index contributed by atoms with van der Waals surface area (Å²) >= 11 is 3.27. The monoisotopic (exact) mass is 327 g/mol. The summed E-state index contributed by atoms with van der Waals surface area (Å²) in [6.07, 6.45) is 4.70. The number of halogens is 2. The molecule has 1 fully saturated rings. The fraction of sp³-hybridized carbons (Fsp3) is 0.625. The molecular weight excluding hydrogens is 305 g/mol. The van der Waals surface area contributed by atoms with Crippen molar-refractivity contribution in [3.05, 3.63) is 34.1 Å². The molecule has 1 nitrogen and oxygen atoms in total. The zero-order chi connectivity index (χ0) is 14.0. The summed E-state index contributed by atoms with van der Waals surface area (Å²) in [5.74, 6) is 1.03. The minimum atomic E-state index is -0.192. The van der Waals surface area contributed by atoms with Crippen molar-refractivity contribution in [2.45, 2.75) is 39.5 Å². The second kappa shape index (κ2) is 5.92. The van der Waals surface area contributed by atoms with Crippen LogP contribution in [0, 0.1) is 23.1 Å². The van der Waals surface area contributed by atoms with Gasteiger partial charge in [0.05, 0.1) is 4.47 Å². The molecule has 3 heteroatoms. The van der Waals surface area contributed by atoms with Crippen molar-refractivity contribution in [1.29, 1.82) is 0 Å². The predicted octanol–water partition coefficient (Wildman–Crippen LogP) is 4.53. The summed E-state index contributed by atoms with van der Waals surface area (Å²) < 4.78 is 13.8. The molecule has 1 aromatic rings. The van der Waals surface area contributed by atoms with Crippen molar-refractivity contribution in [3.63, 3.8) is 0 Å². The van der Waals surface area contributed by atoms with Gasteiger partial charge in [-0.1, -0.05) is 19.9 Å². The lowest BCUT2D eigenvalue weighted by atomic mass is 9.65. The van der Waals surface area contributed by atoms with E-state index in [1.165, 1.54) is 24.8 Å². The van der Waals surface area contributed by atoms with Crippen molar-refractivity contribution < 1.29 is 4.39 Å². The number of hydrogen-bond acceptors (Lipinski definition) is 1. The van der Waals surface area contributed by atoms with Crippen molar-refractivity contribution in [2.75, 3.05) is 6.54 Å². The molecule has 2 rings (SSSR count). The van der Waals surface area contributed by atoms with E-state index in [0.717, 1.165) is 13.0 Å². The van der Waals surface area contributed by atoms with Crippen molar-refractivity contribution in [1.82, 2.24) is 0 Å². The Hall–Kier alpha value is -0.410. The zero-order valence-electron chi connectivity index (χ0n) is 11.8. The molecule has 0 aromatic heterocycles. The largest absolute Gasteiger partial charge is 0.330 e. The van der Waals surface area contributed by atoms with Gasteiger partial charge in [0.15, 0.2) is 0 Å². The van der Waals surface area contributed by atoms with Gasteiger partial charge in [0.2, 0.25) is 0 Å². The number of hydrogen-bond donors (Lipinski definition) is 1. The van der Waals surface area contributed by atoms with Gasteiger partial charge in [-0.3, -0.25) is 0 Å². The molecule has 19 heavy (non-hydrogen) atoms. The summed E-state index contributed by atoms with van der Waals surface area (Å²) in [5, 5.41) is 0. The van der Waals surface area contributed by atoms with E-state index < -0.39 is 0 Å². The number of rotatable bonds is 3. The molecule has 0 bridgehead atoms. The Balaban J connectivity index is 2.12. The highest BCUT2D eigenvalue weighted by atomic mass is 79.9. The van der Waals surface area contributed by atoms with Gasteiger partial charge in [-0.15, -0.1) is 0 Å². The Morgan fingerprint density at radius 2 is 2.11 bits per heavy atom. The van der Waals surface area contributed by atoms with Crippen LogP contribution >= 0.6 is 15.9 Å². The molecule has 1 saturated carbocycles. The molecule has 2 atom stereocenters. The van der Waals surface area contributed by atoms with Crippen LogP contribution in [0.3, 0.4) is 0 Å². The van der Waals surface area contributed by atoms with Gasteiger partial charge < -0.3 is 5.73 Å². The van der Waals surface area contributed by atoms with Gasteiger partial charge in [-0.25, -0.2) is 4.39 Å². The SMILES string of the molecule is CC1(C)CCC(CN)C(Cc2ccc(F)c(Br)c2)C1. The Morgan fingerprint density at radius 1 is 1.37 bits per heavy atom. The maximum Gasteiger partial charge on any atom is 0.137 e. The molecule has 0 saturated heterocycles. The standard InChI is InChI=1S/C16H23BrFN/c1-16(2)6-5-12(10-19)13(9-16)7-11-3-4-15(18)14(17)8-11/h3-4,8,12-13H,5-7,9-10,19H2,1-2H3. The molecule has 0 heterocycles. The molecular formula is C16H23BrFN. The van der Waals surface area contributed by atoms with E-state index in [9.17, 15) is 4.39 Å². The molecule has 0 amide bonds. The van der Waals surface area contributed by atoms with Crippen LogP contribution in [0.2, 0.25) is 0 Å². The van der Waals surface area contributed by atoms with E-state index >= 15 is 0 Å². The minimum Gasteiger partial charge on any atom is -0.330 e. The molecule has 0 spiro atoms. The second-order valence-electron chi connectivity index (χ2n) is 6.62. The maximum atomic E-state index is 13.3. The molecule has 106 valence electrons. The Bertz CT molecular complexity index is 444. The van der Waals surface area contributed by atoms with Crippen LogP contribution in [0.1, 0.15) is 38.7 Å². The van der Waals surface area contributed by atoms with Crippen molar-refractivity contribution in [3.8, 4) is 0 Å². The number of nitrogens with two attached hydrogens (primary N) is 1. The van der Waals surface area contributed by atoms with Gasteiger partial charge in [-0.05, 0) is 83.1 Å². The third-order valence-electron chi connectivity index (χ3n) is 4.46. The van der Waals surface area contributed by atoms with Gasteiger partial charge in [0.1, 0.15) is 5.82 Å². The molecule has 1 aliphatic carbocycles. The minimum absolute atomic E-state index is 0.192. The quantitative estimate of drug-likeness (QED) is 0.867. The lowest BCUT2D eigenvalue weighted by molar-refractivity contribution is 0.121. The van der Waals surface area contributed by atoms with Crippen LogP contribution in [0.4, 0.5) is 4.39 Å². The molecule has 2 unspecified atom stereocenters. The highest BCUT2D eigenvalue weighted by Gasteiger charge is 2.34. The highest BCUT2D eigenvalue weighted by Crippen LogP contribution is 2.42. The highest BCUT2D eigenvalue weighted by molar-refractivity contribution is 9.10. The van der Waals surface area contributed by atoms with Crippen LogP contribution in [-0.4, -0.2) is 6.54 Å². The summed E-state index contributed by atoms with van der Waals surface area (Å²) in [7, 11) is 0. The first-order valence-corrected chi connectivity index (χ1v) is 7.84. The predicted molar refractivity (Wildman–Crippen MR) is 81.5 cm³/mol. The Kier molecular flexibility index (Phi) is 4.67. The van der Waals surface area contributed by atoms with E-state index in [1.54, 1.807) is 6.07 Å². The average Bonchev–Trinajstić information content (AvgIpc) is 2.33. The third kappa shape index (κ3) is 3.79. The second-order valence-corrected chi connectivity index (χ2v) is 7.47. The molecule has 0 radical (unpaired) electrons. The first kappa shape index (κ1) is 15.0. The van der Waals surface area contributed by atoms with E-state index in [1.807, 2.05) is 12.1 Å². The first-order valence-electron chi connectivity index (χ1n) is 7.05. The van der Waals surface area contributed by atoms with Crippen LogP contribution < -0.4 is 5.73 Å². The first-order chi connectivity index (χ1) is 8.91. The van der Waals surface area contributed by atoms with E-state index in [-0.39, 0.29) is 5.82 Å². The molecule has 0 aliphatic heterocycles. The van der Waals surface area contributed by atoms with Crippen LogP contribution in [0.5, 0.6) is 0 Å². The third-order valence-corrected chi connectivity index (χ3v) is 5.07. The van der Waals surface area contributed by atoms with E-state index in [4.69, 9.17) is 5.73 Å². The van der Waals surface area contributed by atoms with Crippen LogP contribution in [0.15, 0.2) is 22.7 Å². The summed E-state index contributed by atoms with van der Waals surface area (Å²) in [6, 6.07) is 5.35. The lowest BCUT2D eigenvalue weighted by Gasteiger charge is -2.40. The van der Waals surface area contributed by atoms with Crippen LogP contribution in [-0.2, 0) is 6.42 Å². The summed E-state index contributed by atoms with van der Waals surface area (Å²) in [4.78, 5) is 0. The van der Waals surface area contributed by atoms with Crippen molar-refractivity contribution in [2.24, 2.45) is 23.0 Å². The zero-order valence-corrected chi connectivity index (χ0v) is 13.3. The molecule has 2 N–H and O–H groups in total. The summed E-state index contributed by atoms with van der Waals surface area (Å²) in [5.41, 5.74) is 7.53. The van der Waals surface area contributed by atoms with E-state index in [0.29, 0.717) is 21.7 Å². The lowest BCUT2D eigenvalue weighted by Crippen LogP contribution is -2.35. The smallest absolute Gasteiger partial charge is 0.137 e. The van der Waals surface area contributed by atoms with Crippen LogP contribution in [0.25, 0.3) is 0 Å². The van der Waals surface area contributed by atoms with Gasteiger partial charge >= 0.3 is 0 Å². The molecule has 1 aromatic carbocycles. The average molecular weight is 328 g/mol. The van der Waals surface area contributed by atoms with E-state index in [2.05, 4.69) is 29.8 Å². The fourth-order valence-electron chi connectivity index (χ4n) is 3.31. The van der Waals surface area contributed by atoms with Crippen molar-refractivity contribution >= 4 is 15.9 Å². The maximum absolute atomic E-state index is 13.3. The summed E-state index contributed by atoms with van der Waals surface area (Å²) in [6.45, 7) is 5.45. The fourth-order valence-corrected chi connectivity index (χ4v) is 3.74. The Morgan fingerprint density at radius 3 is 2.74 bits per heavy atom. The van der Waals surface area contributed by atoms with Gasteiger partial charge in [-0.2, -0.15) is 0 Å². The van der Waals surface area contributed by atoms with Gasteiger partial charge in [0.25, 0.3) is 0 Å². The normalized spacial score (nSPS) is 26.4. The topological polar surface area (TPSA) is 26.0 Å². The Labute approximate surface area is 123 Å². The number of benzene rings is 1.